The average Bonchev–Trinajstić information content (AvgIpc) is 2.81. The van der Waals surface area contributed by atoms with Gasteiger partial charge < -0.3 is 10.5 Å². The second-order valence-electron chi connectivity index (χ2n) is 6.07. The van der Waals surface area contributed by atoms with Gasteiger partial charge in [-0.1, -0.05) is 25.1 Å². The summed E-state index contributed by atoms with van der Waals surface area (Å²) in [5.41, 5.74) is 7.79. The van der Waals surface area contributed by atoms with Gasteiger partial charge in [-0.25, -0.2) is 0 Å². The molecule has 0 bridgehead atoms. The summed E-state index contributed by atoms with van der Waals surface area (Å²) in [6, 6.07) is 8.81. The lowest BCUT2D eigenvalue weighted by Crippen LogP contribution is -2.26. The van der Waals surface area contributed by atoms with Crippen molar-refractivity contribution in [2.45, 2.75) is 51.2 Å². The topological polar surface area (TPSA) is 35.2 Å². The predicted molar refractivity (Wildman–Crippen MR) is 69.1 cm³/mol. The fourth-order valence-electron chi connectivity index (χ4n) is 3.47. The zero-order valence-corrected chi connectivity index (χ0v) is 10.5. The number of nitrogens with two attached hydrogens (primary N) is 1. The molecule has 92 valence electrons. The molecule has 1 aromatic carbocycles. The van der Waals surface area contributed by atoms with Gasteiger partial charge in [-0.05, 0) is 42.7 Å². The lowest BCUT2D eigenvalue weighted by atomic mass is 9.82. The maximum atomic E-state index is 6.03. The second-order valence-corrected chi connectivity index (χ2v) is 6.07. The molecule has 0 saturated heterocycles. The number of hydrogen-bond acceptors (Lipinski definition) is 2. The van der Waals surface area contributed by atoms with Crippen molar-refractivity contribution in [3.8, 4) is 5.75 Å². The van der Waals surface area contributed by atoms with Crippen LogP contribution in [0.15, 0.2) is 24.3 Å². The van der Waals surface area contributed by atoms with Gasteiger partial charge in [0, 0.05) is 12.5 Å². The third-order valence-corrected chi connectivity index (χ3v) is 4.31. The molecule has 1 fully saturated rings. The van der Waals surface area contributed by atoms with E-state index >= 15 is 0 Å². The normalized spacial score (nSPS) is 35.6. The van der Waals surface area contributed by atoms with Crippen LogP contribution in [-0.4, -0.2) is 12.1 Å². The summed E-state index contributed by atoms with van der Waals surface area (Å²) in [5, 5.41) is 0. The van der Waals surface area contributed by atoms with Crippen molar-refractivity contribution < 1.29 is 4.74 Å². The van der Waals surface area contributed by atoms with Crippen LogP contribution < -0.4 is 10.5 Å². The molecule has 0 aromatic heterocycles. The molecule has 3 rings (SSSR count). The Balaban J connectivity index is 1.66. The molecule has 2 nitrogen and oxygen atoms in total. The van der Waals surface area contributed by atoms with Crippen LogP contribution in [0.4, 0.5) is 0 Å². The molecule has 1 aliphatic carbocycles. The number of hydrogen-bond donors (Lipinski definition) is 1. The van der Waals surface area contributed by atoms with Crippen molar-refractivity contribution in [1.82, 2.24) is 0 Å². The van der Waals surface area contributed by atoms with E-state index in [0.717, 1.165) is 25.0 Å². The largest absolute Gasteiger partial charge is 0.490 e. The van der Waals surface area contributed by atoms with Crippen molar-refractivity contribution >= 4 is 0 Å². The van der Waals surface area contributed by atoms with Crippen molar-refractivity contribution in [3.05, 3.63) is 29.8 Å². The summed E-state index contributed by atoms with van der Waals surface area (Å²) in [5.74, 6) is 1.09. The van der Waals surface area contributed by atoms with Gasteiger partial charge in [-0.3, -0.25) is 0 Å². The number of benzene rings is 1. The van der Waals surface area contributed by atoms with E-state index in [1.165, 1.54) is 18.4 Å². The van der Waals surface area contributed by atoms with Gasteiger partial charge in [0.2, 0.25) is 0 Å². The minimum absolute atomic E-state index is 0.364. The molecule has 17 heavy (non-hydrogen) atoms. The average molecular weight is 231 g/mol. The molecule has 0 radical (unpaired) electrons. The third kappa shape index (κ3) is 2.19. The molecule has 1 aliphatic heterocycles. The quantitative estimate of drug-likeness (QED) is 0.849. The maximum Gasteiger partial charge on any atom is 0.123 e. The Labute approximate surface area is 103 Å². The maximum absolute atomic E-state index is 6.03. The Morgan fingerprint density at radius 2 is 2.24 bits per heavy atom. The van der Waals surface area contributed by atoms with Crippen LogP contribution in [-0.2, 0) is 6.42 Å². The first-order valence-electron chi connectivity index (χ1n) is 6.65. The van der Waals surface area contributed by atoms with Gasteiger partial charge in [-0.2, -0.15) is 0 Å². The molecule has 2 heteroatoms. The van der Waals surface area contributed by atoms with Crippen LogP contribution in [0.3, 0.4) is 0 Å². The van der Waals surface area contributed by atoms with E-state index in [2.05, 4.69) is 31.2 Å². The lowest BCUT2D eigenvalue weighted by molar-refractivity contribution is 0.148. The minimum Gasteiger partial charge on any atom is -0.490 e. The molecule has 3 unspecified atom stereocenters. The Hall–Kier alpha value is -1.02. The second kappa shape index (κ2) is 4.02. The number of rotatable bonds is 2. The number of fused-ring (bicyclic) bond motifs is 1. The van der Waals surface area contributed by atoms with E-state index in [4.69, 9.17) is 10.5 Å². The summed E-state index contributed by atoms with van der Waals surface area (Å²) >= 11 is 0. The highest BCUT2D eigenvalue weighted by Crippen LogP contribution is 2.43. The Kier molecular flexibility index (Phi) is 2.62. The van der Waals surface area contributed by atoms with Crippen molar-refractivity contribution in [2.75, 3.05) is 0 Å². The van der Waals surface area contributed by atoms with E-state index in [0.29, 0.717) is 17.6 Å². The predicted octanol–water partition coefficient (Wildman–Crippen LogP) is 2.90. The molecule has 1 aromatic rings. The number of para-hydroxylation sites is 1. The summed E-state index contributed by atoms with van der Waals surface area (Å²) in [7, 11) is 0. The minimum atomic E-state index is 0.364. The summed E-state index contributed by atoms with van der Waals surface area (Å²) in [6.07, 6.45) is 6.17. The first kappa shape index (κ1) is 11.1. The van der Waals surface area contributed by atoms with Crippen LogP contribution in [0.1, 0.15) is 38.2 Å². The van der Waals surface area contributed by atoms with Crippen LogP contribution >= 0.6 is 0 Å². The molecule has 1 heterocycles. The highest BCUT2D eigenvalue weighted by Gasteiger charge is 2.37. The summed E-state index contributed by atoms with van der Waals surface area (Å²) < 4.78 is 6.03. The number of ether oxygens (including phenoxy) is 1. The first-order chi connectivity index (χ1) is 8.15. The highest BCUT2D eigenvalue weighted by molar-refractivity contribution is 5.37. The van der Waals surface area contributed by atoms with Gasteiger partial charge >= 0.3 is 0 Å². The Bertz CT molecular complexity index is 392. The van der Waals surface area contributed by atoms with E-state index in [1.54, 1.807) is 0 Å². The van der Waals surface area contributed by atoms with E-state index in [1.807, 2.05) is 0 Å². The molecule has 1 saturated carbocycles. The molecular weight excluding hydrogens is 210 g/mol. The van der Waals surface area contributed by atoms with E-state index in [-0.39, 0.29) is 0 Å². The van der Waals surface area contributed by atoms with Gasteiger partial charge in [0.25, 0.3) is 0 Å². The first-order valence-corrected chi connectivity index (χ1v) is 6.65. The van der Waals surface area contributed by atoms with Crippen LogP contribution in [0.25, 0.3) is 0 Å². The lowest BCUT2D eigenvalue weighted by Gasteiger charge is -2.27. The molecule has 2 N–H and O–H groups in total. The fraction of sp³-hybridized carbons (Fsp3) is 0.600. The van der Waals surface area contributed by atoms with E-state index < -0.39 is 0 Å². The smallest absolute Gasteiger partial charge is 0.123 e. The third-order valence-electron chi connectivity index (χ3n) is 4.31. The zero-order chi connectivity index (χ0) is 11.9. The monoisotopic (exact) mass is 231 g/mol. The standard InChI is InChI=1S/C15H21NO/c1-15(7-6-12(16)9-15)10-13-8-11-4-2-3-5-14(11)17-13/h2-5,12-13H,6-10,16H2,1H3. The van der Waals surface area contributed by atoms with Crippen LogP contribution in [0.5, 0.6) is 5.75 Å². The summed E-state index contributed by atoms with van der Waals surface area (Å²) in [4.78, 5) is 0. The van der Waals surface area contributed by atoms with Crippen LogP contribution in [0.2, 0.25) is 0 Å². The molecule has 3 atom stereocenters. The van der Waals surface area contributed by atoms with Gasteiger partial charge in [0.15, 0.2) is 0 Å². The van der Waals surface area contributed by atoms with Crippen molar-refractivity contribution in [3.63, 3.8) is 0 Å². The Morgan fingerprint density at radius 1 is 1.41 bits per heavy atom. The van der Waals surface area contributed by atoms with Crippen LogP contribution in [0, 0.1) is 5.41 Å². The van der Waals surface area contributed by atoms with Crippen molar-refractivity contribution in [2.24, 2.45) is 11.1 Å². The molecule has 0 spiro atoms. The fourth-order valence-corrected chi connectivity index (χ4v) is 3.47. The SMILES string of the molecule is CC1(CC2Cc3ccccc3O2)CCC(N)C1. The Morgan fingerprint density at radius 3 is 2.94 bits per heavy atom. The van der Waals surface area contributed by atoms with Gasteiger partial charge in [0.05, 0.1) is 0 Å². The van der Waals surface area contributed by atoms with Gasteiger partial charge in [-0.15, -0.1) is 0 Å². The molecular formula is C15H21NO. The van der Waals surface area contributed by atoms with Gasteiger partial charge in [0.1, 0.15) is 11.9 Å². The molecule has 2 aliphatic rings. The summed E-state index contributed by atoms with van der Waals surface area (Å²) in [6.45, 7) is 2.37. The molecule has 0 amide bonds. The zero-order valence-electron chi connectivity index (χ0n) is 10.5. The van der Waals surface area contributed by atoms with Crippen molar-refractivity contribution in [1.29, 1.82) is 0 Å². The highest BCUT2D eigenvalue weighted by atomic mass is 16.5. The van der Waals surface area contributed by atoms with E-state index in [9.17, 15) is 0 Å².